The monoisotopic (exact) mass is 250 g/mol. The minimum Gasteiger partial charge on any atom is -0.390 e. The van der Waals surface area contributed by atoms with Crippen molar-refractivity contribution in [3.8, 4) is 0 Å². The molecule has 1 N–H and O–H groups in total. The standard InChI is InChI=1S/C15H26N2O/c1-12(2)14-5-4-7-15(18,8-6-14)9-13-10-16-17(3)11-13/h10-12,14,18H,4-9H2,1-3H3. The zero-order chi connectivity index (χ0) is 13.2. The average molecular weight is 250 g/mol. The van der Waals surface area contributed by atoms with Gasteiger partial charge in [-0.2, -0.15) is 5.10 Å². The first-order valence-corrected chi connectivity index (χ1v) is 7.18. The summed E-state index contributed by atoms with van der Waals surface area (Å²) in [6.07, 6.45) is 10.1. The molecule has 0 aliphatic heterocycles. The Morgan fingerprint density at radius 1 is 1.44 bits per heavy atom. The number of hydrogen-bond acceptors (Lipinski definition) is 2. The summed E-state index contributed by atoms with van der Waals surface area (Å²) in [6.45, 7) is 4.60. The van der Waals surface area contributed by atoms with Crippen LogP contribution < -0.4 is 0 Å². The Kier molecular flexibility index (Phi) is 4.10. The molecule has 3 nitrogen and oxygen atoms in total. The smallest absolute Gasteiger partial charge is 0.0689 e. The van der Waals surface area contributed by atoms with Crippen LogP contribution in [-0.4, -0.2) is 20.5 Å². The van der Waals surface area contributed by atoms with Gasteiger partial charge in [0.15, 0.2) is 0 Å². The molecule has 0 bridgehead atoms. The van der Waals surface area contributed by atoms with E-state index in [0.717, 1.165) is 49.5 Å². The lowest BCUT2D eigenvalue weighted by Gasteiger charge is -2.26. The molecule has 1 saturated carbocycles. The van der Waals surface area contributed by atoms with Crippen molar-refractivity contribution in [3.63, 3.8) is 0 Å². The van der Waals surface area contributed by atoms with Crippen molar-refractivity contribution in [2.24, 2.45) is 18.9 Å². The molecule has 1 aromatic rings. The molecular formula is C15H26N2O. The van der Waals surface area contributed by atoms with Gasteiger partial charge >= 0.3 is 0 Å². The SMILES string of the molecule is CC(C)C1CCCC(O)(Cc2cnn(C)c2)CC1. The molecule has 2 atom stereocenters. The molecule has 102 valence electrons. The van der Waals surface area contributed by atoms with Gasteiger partial charge < -0.3 is 5.11 Å². The third kappa shape index (κ3) is 3.35. The van der Waals surface area contributed by atoms with E-state index < -0.39 is 5.60 Å². The van der Waals surface area contributed by atoms with Crippen LogP contribution >= 0.6 is 0 Å². The molecule has 1 aromatic heterocycles. The lowest BCUT2D eigenvalue weighted by molar-refractivity contribution is 0.0236. The van der Waals surface area contributed by atoms with Crippen LogP contribution in [0.25, 0.3) is 0 Å². The molecule has 0 amide bonds. The van der Waals surface area contributed by atoms with Crippen molar-refractivity contribution < 1.29 is 5.11 Å². The molecule has 1 fully saturated rings. The maximum Gasteiger partial charge on any atom is 0.0689 e. The van der Waals surface area contributed by atoms with Crippen molar-refractivity contribution in [2.75, 3.05) is 0 Å². The van der Waals surface area contributed by atoms with Crippen molar-refractivity contribution in [1.29, 1.82) is 0 Å². The van der Waals surface area contributed by atoms with Crippen LogP contribution in [0, 0.1) is 11.8 Å². The lowest BCUT2D eigenvalue weighted by Crippen LogP contribution is -2.30. The van der Waals surface area contributed by atoms with Gasteiger partial charge in [-0.15, -0.1) is 0 Å². The lowest BCUT2D eigenvalue weighted by atomic mass is 9.86. The molecule has 18 heavy (non-hydrogen) atoms. The van der Waals surface area contributed by atoms with Crippen LogP contribution in [0.2, 0.25) is 0 Å². The fourth-order valence-corrected chi connectivity index (χ4v) is 3.20. The van der Waals surface area contributed by atoms with E-state index in [4.69, 9.17) is 0 Å². The van der Waals surface area contributed by atoms with Crippen molar-refractivity contribution in [2.45, 2.75) is 58.0 Å². The number of aliphatic hydroxyl groups is 1. The van der Waals surface area contributed by atoms with Crippen molar-refractivity contribution >= 4 is 0 Å². The Morgan fingerprint density at radius 2 is 2.22 bits per heavy atom. The molecule has 0 aromatic carbocycles. The van der Waals surface area contributed by atoms with Crippen molar-refractivity contribution in [1.82, 2.24) is 9.78 Å². The van der Waals surface area contributed by atoms with Gasteiger partial charge in [0, 0.05) is 19.7 Å². The first-order valence-electron chi connectivity index (χ1n) is 7.18. The number of rotatable bonds is 3. The summed E-state index contributed by atoms with van der Waals surface area (Å²) in [5.41, 5.74) is 0.648. The maximum atomic E-state index is 10.8. The molecular weight excluding hydrogens is 224 g/mol. The van der Waals surface area contributed by atoms with Gasteiger partial charge in [-0.25, -0.2) is 0 Å². The van der Waals surface area contributed by atoms with Gasteiger partial charge in [-0.05, 0) is 36.7 Å². The van der Waals surface area contributed by atoms with Gasteiger partial charge in [0.25, 0.3) is 0 Å². The Hall–Kier alpha value is -0.830. The Morgan fingerprint density at radius 3 is 2.83 bits per heavy atom. The van der Waals surface area contributed by atoms with Crippen molar-refractivity contribution in [3.05, 3.63) is 18.0 Å². The normalized spacial score (nSPS) is 29.5. The molecule has 2 unspecified atom stereocenters. The Balaban J connectivity index is 1.98. The molecule has 1 aliphatic carbocycles. The largest absolute Gasteiger partial charge is 0.390 e. The summed E-state index contributed by atoms with van der Waals surface area (Å²) in [4.78, 5) is 0. The molecule has 0 spiro atoms. The maximum absolute atomic E-state index is 10.8. The highest BCUT2D eigenvalue weighted by atomic mass is 16.3. The van der Waals surface area contributed by atoms with Gasteiger partial charge in [0.2, 0.25) is 0 Å². The zero-order valence-electron chi connectivity index (χ0n) is 11.9. The summed E-state index contributed by atoms with van der Waals surface area (Å²) in [5.74, 6) is 1.53. The summed E-state index contributed by atoms with van der Waals surface area (Å²) in [6, 6.07) is 0. The van der Waals surface area contributed by atoms with Crippen LogP contribution in [0.15, 0.2) is 12.4 Å². The quantitative estimate of drug-likeness (QED) is 0.838. The van der Waals surface area contributed by atoms with E-state index in [1.54, 1.807) is 0 Å². The fraction of sp³-hybridized carbons (Fsp3) is 0.800. The van der Waals surface area contributed by atoms with Crippen LogP contribution in [-0.2, 0) is 13.5 Å². The number of nitrogens with zero attached hydrogens (tertiary/aromatic N) is 2. The fourth-order valence-electron chi connectivity index (χ4n) is 3.20. The minimum absolute atomic E-state index is 0.507. The van der Waals surface area contributed by atoms with Gasteiger partial charge in [0.1, 0.15) is 0 Å². The summed E-state index contributed by atoms with van der Waals surface area (Å²) in [7, 11) is 1.93. The molecule has 3 heteroatoms. The highest BCUT2D eigenvalue weighted by Crippen LogP contribution is 2.35. The average Bonchev–Trinajstić information content (AvgIpc) is 2.58. The van der Waals surface area contributed by atoms with Crippen LogP contribution in [0.1, 0.15) is 51.5 Å². The molecule has 0 saturated heterocycles. The molecule has 0 radical (unpaired) electrons. The second-order valence-corrected chi connectivity index (χ2v) is 6.36. The van der Waals surface area contributed by atoms with Crippen LogP contribution in [0.4, 0.5) is 0 Å². The number of aromatic nitrogens is 2. The third-order valence-electron chi connectivity index (χ3n) is 4.43. The zero-order valence-corrected chi connectivity index (χ0v) is 11.9. The highest BCUT2D eigenvalue weighted by Gasteiger charge is 2.32. The van der Waals surface area contributed by atoms with Gasteiger partial charge in [-0.3, -0.25) is 4.68 Å². The van der Waals surface area contributed by atoms with E-state index in [2.05, 4.69) is 18.9 Å². The molecule has 1 heterocycles. The topological polar surface area (TPSA) is 38.1 Å². The van der Waals surface area contributed by atoms with E-state index >= 15 is 0 Å². The van der Waals surface area contributed by atoms with Gasteiger partial charge in [0.05, 0.1) is 11.8 Å². The highest BCUT2D eigenvalue weighted by molar-refractivity contribution is 5.08. The molecule has 2 rings (SSSR count). The predicted molar refractivity (Wildman–Crippen MR) is 73.3 cm³/mol. The molecule has 1 aliphatic rings. The first-order chi connectivity index (χ1) is 8.48. The summed E-state index contributed by atoms with van der Waals surface area (Å²) in [5, 5.41) is 15.0. The summed E-state index contributed by atoms with van der Waals surface area (Å²) < 4.78 is 1.81. The minimum atomic E-state index is -0.507. The Bertz CT molecular complexity index is 386. The second kappa shape index (κ2) is 5.43. The van der Waals surface area contributed by atoms with E-state index in [1.807, 2.05) is 24.1 Å². The van der Waals surface area contributed by atoms with E-state index in [9.17, 15) is 5.11 Å². The predicted octanol–water partition coefficient (Wildman–Crippen LogP) is 2.93. The van der Waals surface area contributed by atoms with Crippen LogP contribution in [0.3, 0.4) is 0 Å². The van der Waals surface area contributed by atoms with Gasteiger partial charge in [-0.1, -0.05) is 26.7 Å². The van der Waals surface area contributed by atoms with E-state index in [-0.39, 0.29) is 0 Å². The second-order valence-electron chi connectivity index (χ2n) is 6.36. The Labute approximate surface area is 110 Å². The number of aryl methyl sites for hydroxylation is 1. The summed E-state index contributed by atoms with van der Waals surface area (Å²) >= 11 is 0. The first kappa shape index (κ1) is 13.6. The van der Waals surface area contributed by atoms with E-state index in [0.29, 0.717) is 0 Å². The van der Waals surface area contributed by atoms with E-state index in [1.165, 1.54) is 6.42 Å². The number of hydrogen-bond donors (Lipinski definition) is 1. The van der Waals surface area contributed by atoms with Crippen LogP contribution in [0.5, 0.6) is 0 Å². The third-order valence-corrected chi connectivity index (χ3v) is 4.43.